The molecule has 0 unspecified atom stereocenters. The average molecular weight is 449 g/mol. The smallest absolute Gasteiger partial charge is 0.387 e. The van der Waals surface area contributed by atoms with E-state index in [1.807, 2.05) is 25.1 Å². The predicted octanol–water partition coefficient (Wildman–Crippen LogP) is 3.43. The molecule has 0 atom stereocenters. The van der Waals surface area contributed by atoms with Gasteiger partial charge in [0, 0.05) is 31.1 Å². The monoisotopic (exact) mass is 449 g/mol. The van der Waals surface area contributed by atoms with Crippen molar-refractivity contribution >= 4 is 5.96 Å². The summed E-state index contributed by atoms with van der Waals surface area (Å²) >= 11 is 0. The SMILES string of the molecule is CCNC(=NCc1ccc2c(c1)OCCCO2)NCc1cc2c(cc1OC(F)F)OCO2. The summed E-state index contributed by atoms with van der Waals surface area (Å²) in [4.78, 5) is 4.59. The highest BCUT2D eigenvalue weighted by atomic mass is 19.3. The van der Waals surface area contributed by atoms with E-state index in [-0.39, 0.29) is 19.1 Å². The van der Waals surface area contributed by atoms with Crippen molar-refractivity contribution in [3.8, 4) is 28.7 Å². The molecule has 2 N–H and O–H groups in total. The zero-order valence-corrected chi connectivity index (χ0v) is 17.7. The number of ether oxygens (including phenoxy) is 5. The maximum absolute atomic E-state index is 12.9. The lowest BCUT2D eigenvalue weighted by molar-refractivity contribution is -0.0505. The van der Waals surface area contributed by atoms with Gasteiger partial charge in [-0.05, 0) is 30.7 Å². The quantitative estimate of drug-likeness (QED) is 0.495. The minimum atomic E-state index is -2.95. The lowest BCUT2D eigenvalue weighted by Crippen LogP contribution is -2.36. The van der Waals surface area contributed by atoms with Gasteiger partial charge in [-0.2, -0.15) is 8.78 Å². The highest BCUT2D eigenvalue weighted by molar-refractivity contribution is 5.79. The molecule has 0 aromatic heterocycles. The Labute approximate surface area is 184 Å². The summed E-state index contributed by atoms with van der Waals surface area (Å²) in [5.41, 5.74) is 1.45. The van der Waals surface area contributed by atoms with E-state index in [0.29, 0.717) is 55.1 Å². The van der Waals surface area contributed by atoms with Crippen molar-refractivity contribution in [2.75, 3.05) is 26.6 Å². The first-order chi connectivity index (χ1) is 15.6. The van der Waals surface area contributed by atoms with Crippen molar-refractivity contribution in [1.82, 2.24) is 10.6 Å². The summed E-state index contributed by atoms with van der Waals surface area (Å²) in [6, 6.07) is 8.77. The second-order valence-electron chi connectivity index (χ2n) is 7.07. The number of fused-ring (bicyclic) bond motifs is 2. The maximum Gasteiger partial charge on any atom is 0.387 e. The summed E-state index contributed by atoms with van der Waals surface area (Å²) < 4.78 is 52.4. The summed E-state index contributed by atoms with van der Waals surface area (Å²) in [6.07, 6.45) is 0.841. The van der Waals surface area contributed by atoms with Crippen LogP contribution in [0, 0.1) is 0 Å². The molecule has 32 heavy (non-hydrogen) atoms. The standard InChI is InChI=1S/C22H25F2N3O5/c1-2-25-22(26-11-14-4-5-16-18(8-14)29-7-3-6-28-16)27-12-15-9-19-20(31-13-30-19)10-17(15)32-21(23)24/h4-5,8-10,21H,2-3,6-7,11-13H2,1H3,(H2,25,26,27). The van der Waals surface area contributed by atoms with Crippen molar-refractivity contribution in [1.29, 1.82) is 0 Å². The Morgan fingerprint density at radius 1 is 1.00 bits per heavy atom. The largest absolute Gasteiger partial charge is 0.490 e. The first-order valence-corrected chi connectivity index (χ1v) is 10.4. The molecule has 0 radical (unpaired) electrons. The number of aliphatic imine (C=N–C) groups is 1. The van der Waals surface area contributed by atoms with Crippen LogP contribution in [0.5, 0.6) is 28.7 Å². The summed E-state index contributed by atoms with van der Waals surface area (Å²) in [5.74, 6) is 2.85. The molecule has 10 heteroatoms. The highest BCUT2D eigenvalue weighted by Gasteiger charge is 2.20. The molecule has 2 aliphatic heterocycles. The molecule has 2 aromatic carbocycles. The molecule has 2 heterocycles. The minimum Gasteiger partial charge on any atom is -0.490 e. The van der Waals surface area contributed by atoms with Crippen LogP contribution in [0.3, 0.4) is 0 Å². The number of alkyl halides is 2. The number of hydrogen-bond donors (Lipinski definition) is 2. The van der Waals surface area contributed by atoms with Gasteiger partial charge < -0.3 is 34.3 Å². The number of nitrogens with zero attached hydrogens (tertiary/aromatic N) is 1. The van der Waals surface area contributed by atoms with E-state index in [0.717, 1.165) is 17.7 Å². The van der Waals surface area contributed by atoms with Gasteiger partial charge in [0.1, 0.15) is 5.75 Å². The second-order valence-corrected chi connectivity index (χ2v) is 7.07. The summed E-state index contributed by atoms with van der Waals surface area (Å²) in [7, 11) is 0. The molecule has 0 fully saturated rings. The predicted molar refractivity (Wildman–Crippen MR) is 113 cm³/mol. The van der Waals surface area contributed by atoms with Gasteiger partial charge in [-0.15, -0.1) is 0 Å². The van der Waals surface area contributed by atoms with Crippen LogP contribution in [0.15, 0.2) is 35.3 Å². The molecule has 0 spiro atoms. The molecule has 0 aliphatic carbocycles. The number of benzene rings is 2. The van der Waals surface area contributed by atoms with Gasteiger partial charge >= 0.3 is 6.61 Å². The number of nitrogens with one attached hydrogen (secondary N) is 2. The van der Waals surface area contributed by atoms with Crippen LogP contribution in [-0.4, -0.2) is 39.1 Å². The topological polar surface area (TPSA) is 82.6 Å². The van der Waals surface area contributed by atoms with E-state index in [4.69, 9.17) is 18.9 Å². The molecule has 0 bridgehead atoms. The van der Waals surface area contributed by atoms with Gasteiger partial charge in [-0.25, -0.2) is 4.99 Å². The van der Waals surface area contributed by atoms with E-state index in [1.165, 1.54) is 6.07 Å². The van der Waals surface area contributed by atoms with E-state index < -0.39 is 6.61 Å². The third-order valence-corrected chi connectivity index (χ3v) is 4.79. The molecule has 2 aliphatic rings. The molecule has 0 saturated heterocycles. The molecule has 2 aromatic rings. The second kappa shape index (κ2) is 10.3. The Bertz CT molecular complexity index is 971. The minimum absolute atomic E-state index is 0.0236. The number of guanidine groups is 1. The van der Waals surface area contributed by atoms with Crippen molar-refractivity contribution in [3.05, 3.63) is 41.5 Å². The first-order valence-electron chi connectivity index (χ1n) is 10.4. The van der Waals surface area contributed by atoms with Gasteiger partial charge in [0.2, 0.25) is 6.79 Å². The van der Waals surface area contributed by atoms with Crippen LogP contribution < -0.4 is 34.3 Å². The molecular formula is C22H25F2N3O5. The maximum atomic E-state index is 12.9. The van der Waals surface area contributed by atoms with Crippen molar-refractivity contribution in [3.63, 3.8) is 0 Å². The van der Waals surface area contributed by atoms with Crippen LogP contribution in [0.2, 0.25) is 0 Å². The first kappa shape index (κ1) is 21.8. The molecule has 0 amide bonds. The summed E-state index contributed by atoms with van der Waals surface area (Å²) in [6.45, 7) is 1.51. The lowest BCUT2D eigenvalue weighted by atomic mass is 10.1. The van der Waals surface area contributed by atoms with Gasteiger partial charge in [-0.1, -0.05) is 6.07 Å². The third kappa shape index (κ3) is 5.43. The van der Waals surface area contributed by atoms with E-state index in [1.54, 1.807) is 6.07 Å². The molecule has 0 saturated carbocycles. The third-order valence-electron chi connectivity index (χ3n) is 4.79. The fourth-order valence-corrected chi connectivity index (χ4v) is 3.31. The van der Waals surface area contributed by atoms with Crippen LogP contribution >= 0.6 is 0 Å². The average Bonchev–Trinajstić information content (AvgIpc) is 3.09. The number of hydrogen-bond acceptors (Lipinski definition) is 6. The van der Waals surface area contributed by atoms with E-state index in [9.17, 15) is 8.78 Å². The Hall–Kier alpha value is -3.43. The lowest BCUT2D eigenvalue weighted by Gasteiger charge is -2.15. The van der Waals surface area contributed by atoms with Crippen LogP contribution in [0.1, 0.15) is 24.5 Å². The van der Waals surface area contributed by atoms with E-state index >= 15 is 0 Å². The molecule has 4 rings (SSSR count). The fraction of sp³-hybridized carbons (Fsp3) is 0.409. The van der Waals surface area contributed by atoms with Crippen LogP contribution in [0.4, 0.5) is 8.78 Å². The van der Waals surface area contributed by atoms with Gasteiger partial charge in [0.25, 0.3) is 0 Å². The zero-order valence-electron chi connectivity index (χ0n) is 17.7. The molecule has 8 nitrogen and oxygen atoms in total. The zero-order chi connectivity index (χ0) is 22.3. The Morgan fingerprint density at radius 3 is 2.53 bits per heavy atom. The van der Waals surface area contributed by atoms with E-state index in [2.05, 4.69) is 20.4 Å². The van der Waals surface area contributed by atoms with Gasteiger partial charge in [-0.3, -0.25) is 0 Å². The van der Waals surface area contributed by atoms with Crippen molar-refractivity contribution in [2.45, 2.75) is 33.0 Å². The highest BCUT2D eigenvalue weighted by Crippen LogP contribution is 2.38. The van der Waals surface area contributed by atoms with Crippen molar-refractivity contribution in [2.24, 2.45) is 4.99 Å². The fourth-order valence-electron chi connectivity index (χ4n) is 3.31. The molecular weight excluding hydrogens is 424 g/mol. The van der Waals surface area contributed by atoms with Crippen molar-refractivity contribution < 1.29 is 32.5 Å². The number of rotatable bonds is 7. The Kier molecular flexibility index (Phi) is 6.98. The van der Waals surface area contributed by atoms with Gasteiger partial charge in [0.05, 0.1) is 19.8 Å². The Morgan fingerprint density at radius 2 is 1.75 bits per heavy atom. The van der Waals surface area contributed by atoms with Gasteiger partial charge in [0.15, 0.2) is 29.0 Å². The Balaban J connectivity index is 1.46. The summed E-state index contributed by atoms with van der Waals surface area (Å²) in [5, 5.41) is 6.29. The normalized spacial score (nSPS) is 14.8. The molecule has 172 valence electrons. The van der Waals surface area contributed by atoms with Crippen LogP contribution in [0.25, 0.3) is 0 Å². The van der Waals surface area contributed by atoms with Crippen LogP contribution in [-0.2, 0) is 13.1 Å². The number of halogens is 2.